The van der Waals surface area contributed by atoms with Gasteiger partial charge in [-0.15, -0.1) is 11.3 Å². The number of rotatable bonds is 5. The number of pyridine rings is 1. The van der Waals surface area contributed by atoms with Gasteiger partial charge in [-0.25, -0.2) is 5.01 Å². The highest BCUT2D eigenvalue weighted by molar-refractivity contribution is 7.15. The van der Waals surface area contributed by atoms with E-state index in [-0.39, 0.29) is 6.17 Å². The second-order valence-electron chi connectivity index (χ2n) is 9.99. The monoisotopic (exact) mass is 564 g/mol. The van der Waals surface area contributed by atoms with Gasteiger partial charge < -0.3 is 10.2 Å². The fourth-order valence-electron chi connectivity index (χ4n) is 5.59. The summed E-state index contributed by atoms with van der Waals surface area (Å²) in [6.45, 7) is 21.4. The van der Waals surface area contributed by atoms with Gasteiger partial charge in [-0.2, -0.15) is 5.10 Å². The summed E-state index contributed by atoms with van der Waals surface area (Å²) in [6.07, 6.45) is 9.53. The van der Waals surface area contributed by atoms with Crippen molar-refractivity contribution in [3.05, 3.63) is 124 Å². The molecule has 200 valence electrons. The van der Waals surface area contributed by atoms with Crippen molar-refractivity contribution >= 4 is 62.7 Å². The van der Waals surface area contributed by atoms with Crippen LogP contribution in [0.25, 0.3) is 22.0 Å². The average Bonchev–Trinajstić information content (AvgIpc) is 3.52. The summed E-state index contributed by atoms with van der Waals surface area (Å²) in [7, 11) is 2.03. The average molecular weight is 565 g/mol. The SMILES string of the molecule is C=C/C(C1=CN2N=CN(C)C2C(C)=C1C)=C(\C(=C)Cl)c1cc2c(s1)C(=C)N(c1cncc3ccccc13)C(=C)N2. The molecule has 1 unspecified atom stereocenters. The molecule has 2 aromatic heterocycles. The topological polar surface area (TPSA) is 47.0 Å². The minimum absolute atomic E-state index is 0.0691. The normalized spacial score (nSPS) is 18.9. The number of hydrogen-bond acceptors (Lipinski definition) is 7. The molecular weight excluding hydrogens is 536 g/mol. The summed E-state index contributed by atoms with van der Waals surface area (Å²) in [6, 6.07) is 10.2. The van der Waals surface area contributed by atoms with E-state index >= 15 is 0 Å². The Morgan fingerprint density at radius 2 is 1.95 bits per heavy atom. The Morgan fingerprint density at radius 1 is 1.18 bits per heavy atom. The number of nitrogens with one attached hydrogen (secondary N) is 1. The van der Waals surface area contributed by atoms with Crippen LogP contribution in [0, 0.1) is 0 Å². The lowest BCUT2D eigenvalue weighted by Crippen LogP contribution is -2.38. The first kappa shape index (κ1) is 25.9. The molecule has 6 nitrogen and oxygen atoms in total. The zero-order chi connectivity index (χ0) is 28.3. The highest BCUT2D eigenvalue weighted by Gasteiger charge is 2.33. The Labute approximate surface area is 243 Å². The van der Waals surface area contributed by atoms with Gasteiger partial charge in [-0.05, 0) is 36.6 Å². The van der Waals surface area contributed by atoms with Crippen molar-refractivity contribution < 1.29 is 0 Å². The van der Waals surface area contributed by atoms with Gasteiger partial charge in [0, 0.05) is 51.3 Å². The summed E-state index contributed by atoms with van der Waals surface area (Å²) >= 11 is 8.35. The van der Waals surface area contributed by atoms with Crippen LogP contribution in [0.2, 0.25) is 0 Å². The molecule has 8 heteroatoms. The summed E-state index contributed by atoms with van der Waals surface area (Å²) in [5, 5.41) is 12.6. The molecule has 1 N–H and O–H groups in total. The first-order valence-corrected chi connectivity index (χ1v) is 14.0. The number of thiophene rings is 1. The van der Waals surface area contributed by atoms with E-state index in [2.05, 4.69) is 84.9 Å². The molecule has 3 aliphatic rings. The lowest BCUT2D eigenvalue weighted by atomic mass is 9.88. The van der Waals surface area contributed by atoms with Crippen molar-refractivity contribution in [1.29, 1.82) is 0 Å². The second kappa shape index (κ2) is 9.70. The van der Waals surface area contributed by atoms with Gasteiger partial charge in [0.25, 0.3) is 0 Å². The first-order valence-electron chi connectivity index (χ1n) is 12.8. The summed E-state index contributed by atoms with van der Waals surface area (Å²) in [5.74, 6) is 0.700. The lowest BCUT2D eigenvalue weighted by Gasteiger charge is -2.33. The standard InChI is InChI=1S/C32H29ClN6S/c1-8-24(26-16-38-32(19(3)18(26)2)37(7)17-35-38)30(20(4)33)29-13-27-31(40-29)21(5)39(22(6)36-27)28-15-34-14-23-11-9-10-12-25(23)28/h8-17,32,36H,1,4-6H2,2-3,7H3/b30-24-. The molecule has 5 heterocycles. The van der Waals surface area contributed by atoms with Crippen LogP contribution in [0.4, 0.5) is 11.4 Å². The molecule has 0 amide bonds. The number of anilines is 2. The molecular formula is C32H29ClN6S. The Bertz CT molecular complexity index is 1770. The molecule has 0 fully saturated rings. The van der Waals surface area contributed by atoms with Gasteiger partial charge in [-0.1, -0.05) is 68.3 Å². The Balaban J connectivity index is 1.46. The molecule has 1 aromatic carbocycles. The van der Waals surface area contributed by atoms with Gasteiger partial charge >= 0.3 is 0 Å². The van der Waals surface area contributed by atoms with Gasteiger partial charge in [0.2, 0.25) is 0 Å². The minimum atomic E-state index is 0.0691. The summed E-state index contributed by atoms with van der Waals surface area (Å²) in [5.41, 5.74) is 7.77. The third-order valence-electron chi connectivity index (χ3n) is 7.63. The first-order chi connectivity index (χ1) is 19.2. The Kier molecular flexibility index (Phi) is 6.28. The van der Waals surface area contributed by atoms with Crippen LogP contribution in [-0.2, 0) is 0 Å². The number of likely N-dealkylation sites (N-methyl/N-ethyl adjacent to an activating group) is 1. The molecule has 0 saturated heterocycles. The zero-order valence-corrected chi connectivity index (χ0v) is 24.3. The molecule has 0 spiro atoms. The predicted molar refractivity (Wildman–Crippen MR) is 171 cm³/mol. The molecule has 0 radical (unpaired) electrons. The maximum Gasteiger partial charge on any atom is 0.145 e. The summed E-state index contributed by atoms with van der Waals surface area (Å²) < 4.78 is 0. The van der Waals surface area contributed by atoms with Crippen molar-refractivity contribution in [3.63, 3.8) is 0 Å². The number of nitrogens with zero attached hydrogens (tertiary/aromatic N) is 5. The van der Waals surface area contributed by atoms with Crippen molar-refractivity contribution in [2.45, 2.75) is 20.0 Å². The van der Waals surface area contributed by atoms with E-state index in [0.717, 1.165) is 59.9 Å². The van der Waals surface area contributed by atoms with Gasteiger partial charge in [-0.3, -0.25) is 9.88 Å². The highest BCUT2D eigenvalue weighted by Crippen LogP contribution is 2.48. The second-order valence-corrected chi connectivity index (χ2v) is 11.5. The lowest BCUT2D eigenvalue weighted by molar-refractivity contribution is 0.236. The highest BCUT2D eigenvalue weighted by atomic mass is 35.5. The van der Waals surface area contributed by atoms with Crippen LogP contribution in [0.3, 0.4) is 0 Å². The Morgan fingerprint density at radius 3 is 2.70 bits per heavy atom. The zero-order valence-electron chi connectivity index (χ0n) is 22.7. The maximum atomic E-state index is 6.74. The molecule has 6 rings (SSSR count). The van der Waals surface area contributed by atoms with Crippen molar-refractivity contribution in [2.24, 2.45) is 5.10 Å². The molecule has 3 aliphatic heterocycles. The van der Waals surface area contributed by atoms with E-state index in [0.29, 0.717) is 10.9 Å². The maximum absolute atomic E-state index is 6.74. The van der Waals surface area contributed by atoms with Crippen LogP contribution < -0.4 is 10.2 Å². The number of allylic oxidation sites excluding steroid dienone is 6. The summed E-state index contributed by atoms with van der Waals surface area (Å²) in [4.78, 5) is 10.5. The number of fused-ring (bicyclic) bond motifs is 3. The quantitative estimate of drug-likeness (QED) is 0.317. The van der Waals surface area contributed by atoms with E-state index in [9.17, 15) is 0 Å². The van der Waals surface area contributed by atoms with Gasteiger partial charge in [0.05, 0.1) is 28.1 Å². The van der Waals surface area contributed by atoms with Crippen LogP contribution in [0.5, 0.6) is 0 Å². The van der Waals surface area contributed by atoms with E-state index in [1.54, 1.807) is 11.3 Å². The number of halogens is 1. The Hall–Kier alpha value is -4.33. The van der Waals surface area contributed by atoms with Crippen molar-refractivity contribution in [2.75, 3.05) is 17.3 Å². The van der Waals surface area contributed by atoms with Gasteiger partial charge in [0.1, 0.15) is 18.3 Å². The van der Waals surface area contributed by atoms with E-state index in [1.807, 2.05) is 53.9 Å². The fourth-order valence-corrected chi connectivity index (χ4v) is 7.02. The van der Waals surface area contributed by atoms with Crippen LogP contribution >= 0.6 is 22.9 Å². The number of benzene rings is 1. The minimum Gasteiger partial charge on any atom is -0.341 e. The molecule has 1 atom stereocenters. The largest absolute Gasteiger partial charge is 0.341 e. The molecule has 0 saturated carbocycles. The van der Waals surface area contributed by atoms with E-state index < -0.39 is 0 Å². The van der Waals surface area contributed by atoms with E-state index in [4.69, 9.17) is 11.6 Å². The molecule has 40 heavy (non-hydrogen) atoms. The fraction of sp³-hybridized carbons (Fsp3) is 0.125. The number of aromatic nitrogens is 1. The smallest absolute Gasteiger partial charge is 0.145 e. The molecule has 0 bridgehead atoms. The van der Waals surface area contributed by atoms with Crippen LogP contribution in [0.1, 0.15) is 23.6 Å². The number of hydrogen-bond donors (Lipinski definition) is 1. The van der Waals surface area contributed by atoms with Crippen LogP contribution in [0.15, 0.2) is 120 Å². The predicted octanol–water partition coefficient (Wildman–Crippen LogP) is 8.11. The van der Waals surface area contributed by atoms with Crippen LogP contribution in [-0.4, -0.2) is 34.4 Å². The van der Waals surface area contributed by atoms with Crippen molar-refractivity contribution in [3.8, 4) is 0 Å². The third-order valence-corrected chi connectivity index (χ3v) is 9.02. The molecule has 0 aliphatic carbocycles. The number of hydrazone groups is 1. The van der Waals surface area contributed by atoms with Gasteiger partial charge in [0.15, 0.2) is 0 Å². The van der Waals surface area contributed by atoms with E-state index in [1.165, 1.54) is 5.57 Å². The van der Waals surface area contributed by atoms with Crippen molar-refractivity contribution in [1.82, 2.24) is 14.9 Å². The third kappa shape index (κ3) is 3.93. The molecule has 3 aromatic rings.